The molecule has 16 heteroatoms. The molecule has 9 atom stereocenters. The van der Waals surface area contributed by atoms with Crippen molar-refractivity contribution < 1.29 is 43.0 Å². The number of nitrogens with one attached hydrogen (secondary N) is 2. The van der Waals surface area contributed by atoms with E-state index in [0.717, 1.165) is 36.8 Å². The number of aromatic nitrogens is 2. The largest absolute Gasteiger partial charge is 0.481 e. The lowest BCUT2D eigenvalue weighted by Crippen LogP contribution is -2.60. The molecule has 16 nitrogen and oxygen atoms in total. The van der Waals surface area contributed by atoms with Gasteiger partial charge in [0.2, 0.25) is 35.4 Å². The van der Waals surface area contributed by atoms with Gasteiger partial charge in [-0.05, 0) is 81.8 Å². The number of hydrogen-bond donors (Lipinski definition) is 3. The summed E-state index contributed by atoms with van der Waals surface area (Å²) < 4.78 is 18.4. The number of carbonyl (C=O) groups excluding carboxylic acids is 4. The van der Waals surface area contributed by atoms with Gasteiger partial charge in [-0.3, -0.25) is 39.1 Å². The van der Waals surface area contributed by atoms with Crippen LogP contribution in [0.5, 0.6) is 0 Å². The number of aliphatic carboxylic acids is 1. The van der Waals surface area contributed by atoms with Crippen molar-refractivity contribution in [3.05, 3.63) is 72.1 Å². The molecule has 1 aliphatic heterocycles. The van der Waals surface area contributed by atoms with E-state index in [2.05, 4.69) is 34.7 Å². The van der Waals surface area contributed by atoms with E-state index in [4.69, 9.17) is 19.0 Å². The normalized spacial score (nSPS) is 17.7. The van der Waals surface area contributed by atoms with E-state index in [0.29, 0.717) is 38.2 Å². The Morgan fingerprint density at radius 2 is 1.47 bits per heavy atom. The van der Waals surface area contributed by atoms with Gasteiger partial charge in [0, 0.05) is 45.2 Å². The number of carboxylic acids is 1. The van der Waals surface area contributed by atoms with Crippen molar-refractivity contribution in [2.75, 3.05) is 41.4 Å². The second-order valence-electron chi connectivity index (χ2n) is 19.3. The molecule has 0 aliphatic carbocycles. The van der Waals surface area contributed by atoms with Crippen LogP contribution in [0, 0.1) is 23.7 Å². The van der Waals surface area contributed by atoms with Gasteiger partial charge in [-0.2, -0.15) is 0 Å². The van der Waals surface area contributed by atoms with E-state index in [1.807, 2.05) is 124 Å². The average molecular weight is 946 g/mol. The van der Waals surface area contributed by atoms with Crippen LogP contribution in [0.4, 0.5) is 0 Å². The molecule has 2 heterocycles. The van der Waals surface area contributed by atoms with Crippen LogP contribution in [0.3, 0.4) is 0 Å². The molecule has 0 saturated carbocycles. The Hall–Kier alpha value is -5.03. The van der Waals surface area contributed by atoms with Crippen LogP contribution < -0.4 is 10.6 Å². The van der Waals surface area contributed by atoms with E-state index in [1.165, 1.54) is 0 Å². The van der Waals surface area contributed by atoms with Crippen molar-refractivity contribution in [3.63, 3.8) is 0 Å². The third-order valence-electron chi connectivity index (χ3n) is 13.7. The van der Waals surface area contributed by atoms with E-state index in [9.17, 15) is 24.0 Å². The van der Waals surface area contributed by atoms with Crippen molar-refractivity contribution >= 4 is 29.6 Å². The average Bonchev–Trinajstić information content (AvgIpc) is 4.00. The lowest BCUT2D eigenvalue weighted by molar-refractivity contribution is -0.144. The zero-order valence-electron chi connectivity index (χ0n) is 42.4. The van der Waals surface area contributed by atoms with Crippen LogP contribution in [-0.4, -0.2) is 137 Å². The van der Waals surface area contributed by atoms with Gasteiger partial charge < -0.3 is 29.2 Å². The van der Waals surface area contributed by atoms with Gasteiger partial charge in [-0.1, -0.05) is 110 Å². The second kappa shape index (κ2) is 27.2. The van der Waals surface area contributed by atoms with Crippen molar-refractivity contribution in [3.8, 4) is 11.5 Å². The standard InChI is InChI=1S/C52H79N7O9/c1-12-35(6)46(58(9)45(34(4)5)50(65)54-49(64)44(33(2)3)57(8)29-21-15-20-28-43(61)62)41(66-10)32-42(60)59-30-22-27-40(59)47(67-11)36(7)48(63)53-39(31-37-23-16-13-17-24-37)52-56-55-51(68-52)38-25-18-14-19-26-38/h13-14,16-19,23-26,33-36,39-41,44-47H,12,15,20-22,27-32H2,1-11H3,(H,53,63)(H,61,62)(H,54,64,65)/t35-,36+,39-,40-,41+,44-,45-,46-,47+/m0/s1. The van der Waals surface area contributed by atoms with Crippen LogP contribution in [0.25, 0.3) is 11.5 Å². The lowest BCUT2D eigenvalue weighted by atomic mass is 9.87. The maximum absolute atomic E-state index is 14.6. The summed E-state index contributed by atoms with van der Waals surface area (Å²) in [5, 5.41) is 23.6. The predicted molar refractivity (Wildman–Crippen MR) is 261 cm³/mol. The lowest BCUT2D eigenvalue weighted by Gasteiger charge is -2.43. The van der Waals surface area contributed by atoms with Crippen LogP contribution in [-0.2, 0) is 39.9 Å². The van der Waals surface area contributed by atoms with Gasteiger partial charge in [0.1, 0.15) is 6.04 Å². The van der Waals surface area contributed by atoms with Crippen LogP contribution in [0.15, 0.2) is 65.1 Å². The summed E-state index contributed by atoms with van der Waals surface area (Å²) in [6, 6.07) is 16.5. The minimum atomic E-state index is -0.824. The molecule has 1 saturated heterocycles. The van der Waals surface area contributed by atoms with Gasteiger partial charge >= 0.3 is 5.97 Å². The molecular weight excluding hydrogens is 867 g/mol. The number of imide groups is 1. The number of amides is 4. The second-order valence-corrected chi connectivity index (χ2v) is 19.3. The molecule has 3 aromatic rings. The first-order valence-electron chi connectivity index (χ1n) is 24.5. The summed E-state index contributed by atoms with van der Waals surface area (Å²) in [7, 11) is 6.88. The summed E-state index contributed by atoms with van der Waals surface area (Å²) in [5.41, 5.74) is 1.75. The number of likely N-dealkylation sites (N-methyl/N-ethyl adjacent to an activating group) is 2. The summed E-state index contributed by atoms with van der Waals surface area (Å²) in [5.74, 6) is -2.38. The zero-order valence-corrected chi connectivity index (χ0v) is 42.4. The molecule has 0 bridgehead atoms. The first kappa shape index (κ1) is 55.6. The maximum Gasteiger partial charge on any atom is 0.303 e. The highest BCUT2D eigenvalue weighted by atomic mass is 16.5. The molecule has 1 aliphatic rings. The van der Waals surface area contributed by atoms with Crippen LogP contribution >= 0.6 is 0 Å². The third-order valence-corrected chi connectivity index (χ3v) is 13.7. The summed E-state index contributed by atoms with van der Waals surface area (Å²) >= 11 is 0. The summed E-state index contributed by atoms with van der Waals surface area (Å²) in [6.45, 7) is 14.8. The summed E-state index contributed by atoms with van der Waals surface area (Å²) in [6.07, 6.45) is 3.45. The first-order chi connectivity index (χ1) is 32.4. The number of carbonyl (C=O) groups is 5. The molecule has 0 spiro atoms. The molecule has 68 heavy (non-hydrogen) atoms. The Morgan fingerprint density at radius 3 is 2.06 bits per heavy atom. The van der Waals surface area contributed by atoms with E-state index in [1.54, 1.807) is 14.2 Å². The Morgan fingerprint density at radius 1 is 0.838 bits per heavy atom. The SMILES string of the molecule is CC[C@H](C)[C@@H]([C@@H](CC(=O)N1CCC[C@H]1[C@H](OC)[C@@H](C)C(=O)N[C@@H](Cc1ccccc1)c1nnc(-c2ccccc2)o1)OC)N(C)[C@H](C(=O)NC(=O)[C@H](C(C)C)N(C)CCCCCC(=O)O)C(C)C. The molecule has 2 aromatic carbocycles. The Balaban J connectivity index is 1.49. The van der Waals surface area contributed by atoms with E-state index >= 15 is 0 Å². The van der Waals surface area contributed by atoms with Gasteiger partial charge in [0.15, 0.2) is 0 Å². The maximum atomic E-state index is 14.6. The Labute approximate surface area is 404 Å². The number of rotatable bonds is 28. The molecular formula is C52H79N7O9. The van der Waals surface area contributed by atoms with E-state index < -0.39 is 48.1 Å². The Bertz CT molecular complexity index is 2030. The number of unbranched alkanes of at least 4 members (excludes halogenated alkanes) is 2. The highest BCUT2D eigenvalue weighted by Gasteiger charge is 2.44. The predicted octanol–water partition coefficient (Wildman–Crippen LogP) is 6.80. The zero-order chi connectivity index (χ0) is 50.1. The highest BCUT2D eigenvalue weighted by molar-refractivity contribution is 6.00. The minimum absolute atomic E-state index is 0.00514. The van der Waals surface area contributed by atoms with Crippen LogP contribution in [0.1, 0.15) is 117 Å². The van der Waals surface area contributed by atoms with Crippen molar-refractivity contribution in [1.82, 2.24) is 35.5 Å². The van der Waals surface area contributed by atoms with E-state index in [-0.39, 0.29) is 66.3 Å². The van der Waals surface area contributed by atoms with Gasteiger partial charge in [-0.15, -0.1) is 10.2 Å². The first-order valence-corrected chi connectivity index (χ1v) is 24.5. The van der Waals surface area contributed by atoms with Crippen molar-refractivity contribution in [2.45, 2.75) is 149 Å². The van der Waals surface area contributed by atoms with Gasteiger partial charge in [0.25, 0.3) is 0 Å². The number of likely N-dealkylation sites (tertiary alicyclic amines) is 1. The highest BCUT2D eigenvalue weighted by Crippen LogP contribution is 2.31. The number of carboxylic acid groups (broad SMARTS) is 1. The third kappa shape index (κ3) is 15.2. The number of ether oxygens (including phenoxy) is 2. The van der Waals surface area contributed by atoms with Gasteiger partial charge in [-0.25, -0.2) is 0 Å². The van der Waals surface area contributed by atoms with Crippen molar-refractivity contribution in [2.24, 2.45) is 23.7 Å². The van der Waals surface area contributed by atoms with Crippen molar-refractivity contribution in [1.29, 1.82) is 0 Å². The molecule has 376 valence electrons. The smallest absolute Gasteiger partial charge is 0.303 e. The summed E-state index contributed by atoms with van der Waals surface area (Å²) in [4.78, 5) is 73.6. The fourth-order valence-corrected chi connectivity index (χ4v) is 10.00. The van der Waals surface area contributed by atoms with Gasteiger partial charge in [0.05, 0.1) is 42.7 Å². The number of benzene rings is 2. The molecule has 1 fully saturated rings. The molecule has 4 rings (SSSR count). The fraction of sp³-hybridized carbons (Fsp3) is 0.635. The quantitative estimate of drug-likeness (QED) is 0.0644. The topological polar surface area (TPSA) is 197 Å². The number of methoxy groups -OCH3 is 2. The molecule has 0 radical (unpaired) electrons. The molecule has 4 amide bonds. The number of hydrogen-bond acceptors (Lipinski definition) is 12. The monoisotopic (exact) mass is 946 g/mol. The molecule has 1 aromatic heterocycles. The minimum Gasteiger partial charge on any atom is -0.481 e. The molecule has 0 unspecified atom stereocenters. The number of nitrogens with zero attached hydrogens (tertiary/aromatic N) is 5. The fourth-order valence-electron chi connectivity index (χ4n) is 10.00. The molecule has 3 N–H and O–H groups in total. The Kier molecular flexibility index (Phi) is 22.3. The van der Waals surface area contributed by atoms with Crippen LogP contribution in [0.2, 0.25) is 0 Å².